The topological polar surface area (TPSA) is 97.4 Å². The van der Waals surface area contributed by atoms with Crippen LogP contribution in [0.5, 0.6) is 0 Å². The van der Waals surface area contributed by atoms with Crippen molar-refractivity contribution in [1.29, 1.82) is 10.5 Å². The molecule has 0 atom stereocenters. The molecule has 0 amide bonds. The first kappa shape index (κ1) is 11.5. The van der Waals surface area contributed by atoms with Crippen LogP contribution in [0.2, 0.25) is 0 Å². The molecule has 2 aromatic carbocycles. The molecule has 0 bridgehead atoms. The van der Waals surface area contributed by atoms with Gasteiger partial charge in [-0.1, -0.05) is 0 Å². The number of nitrogens with zero attached hydrogens (tertiary/aromatic N) is 4. The molecule has 6 heteroatoms. The van der Waals surface area contributed by atoms with Gasteiger partial charge in [-0.2, -0.15) is 15.5 Å². The zero-order valence-corrected chi connectivity index (χ0v) is 14.8. The largest absolute Gasteiger partial charge is 0.340 e. The summed E-state index contributed by atoms with van der Waals surface area (Å²) in [6, 6.07) is 6.97. The summed E-state index contributed by atoms with van der Waals surface area (Å²) in [6.07, 6.45) is 3.71. The van der Waals surface area contributed by atoms with Crippen LogP contribution in [0.4, 0.5) is 23.1 Å². The summed E-state index contributed by atoms with van der Waals surface area (Å²) < 4.78 is 56.4. The van der Waals surface area contributed by atoms with E-state index in [0.29, 0.717) is 5.69 Å². The van der Waals surface area contributed by atoms with E-state index in [-0.39, 0.29) is 57.8 Å². The SMILES string of the molecule is [2H]c1cc(Nc2nccc(Nc3c(C)c([2H])c(/C=C/C#N)c([2H])c3C([2H])([2H])[2H])n2)cc([2H])c1C#N. The van der Waals surface area contributed by atoms with Crippen molar-refractivity contribution >= 4 is 29.2 Å². The van der Waals surface area contributed by atoms with Crippen LogP contribution in [0.15, 0.2) is 54.6 Å². The van der Waals surface area contributed by atoms with Gasteiger partial charge in [-0.3, -0.25) is 0 Å². The summed E-state index contributed by atoms with van der Waals surface area (Å²) in [7, 11) is 0. The lowest BCUT2D eigenvalue weighted by molar-refractivity contribution is 1.16. The van der Waals surface area contributed by atoms with Gasteiger partial charge < -0.3 is 10.6 Å². The van der Waals surface area contributed by atoms with Gasteiger partial charge >= 0.3 is 0 Å². The lowest BCUT2D eigenvalue weighted by Gasteiger charge is -2.14. The number of rotatable bonds is 5. The first-order chi connectivity index (χ1) is 16.5. The van der Waals surface area contributed by atoms with Crippen molar-refractivity contribution in [1.82, 2.24) is 9.97 Å². The van der Waals surface area contributed by atoms with Gasteiger partial charge in [-0.05, 0) is 78.9 Å². The first-order valence-corrected chi connectivity index (χ1v) is 8.06. The molecule has 0 aliphatic carbocycles. The van der Waals surface area contributed by atoms with Crippen LogP contribution in [-0.4, -0.2) is 9.97 Å². The Morgan fingerprint density at radius 1 is 1.14 bits per heavy atom. The Morgan fingerprint density at radius 2 is 1.93 bits per heavy atom. The van der Waals surface area contributed by atoms with Crippen LogP contribution >= 0.6 is 0 Å². The van der Waals surface area contributed by atoms with Gasteiger partial charge in [-0.15, -0.1) is 0 Å². The average molecular weight is 373 g/mol. The molecule has 2 N–H and O–H groups in total. The first-order valence-electron chi connectivity index (χ1n) is 11.6. The van der Waals surface area contributed by atoms with E-state index in [4.69, 9.17) is 20.1 Å². The van der Waals surface area contributed by atoms with Crippen molar-refractivity contribution in [2.75, 3.05) is 10.6 Å². The highest BCUT2D eigenvalue weighted by Gasteiger charge is 2.07. The summed E-state index contributed by atoms with van der Waals surface area (Å²) in [6.45, 7) is -1.16. The molecule has 0 saturated heterocycles. The normalized spacial score (nSPS) is 14.3. The van der Waals surface area contributed by atoms with E-state index in [9.17, 15) is 0 Å². The second kappa shape index (κ2) is 8.48. The van der Waals surface area contributed by atoms with E-state index in [1.807, 2.05) is 0 Å². The molecule has 28 heavy (non-hydrogen) atoms. The summed E-state index contributed by atoms with van der Waals surface area (Å²) in [5, 5.41) is 23.6. The highest BCUT2D eigenvalue weighted by Crippen LogP contribution is 2.26. The van der Waals surface area contributed by atoms with E-state index < -0.39 is 12.9 Å². The number of nitrogens with one attached hydrogen (secondary N) is 2. The molecule has 1 heterocycles. The van der Waals surface area contributed by atoms with Gasteiger partial charge in [0, 0.05) is 27.8 Å². The lowest BCUT2D eigenvalue weighted by Crippen LogP contribution is -2.02. The molecule has 3 aromatic rings. The fraction of sp³-hybridized carbons (Fsp3) is 0.0909. The molecule has 0 saturated carbocycles. The van der Waals surface area contributed by atoms with Crippen LogP contribution in [0.25, 0.3) is 6.08 Å². The molecular formula is C22H18N6. The van der Waals surface area contributed by atoms with E-state index >= 15 is 0 Å². The molecule has 0 aliphatic rings. The summed E-state index contributed by atoms with van der Waals surface area (Å²) in [4.78, 5) is 8.36. The van der Waals surface area contributed by atoms with E-state index in [2.05, 4.69) is 20.6 Å². The maximum Gasteiger partial charge on any atom is 0.229 e. The number of hydrogen-bond acceptors (Lipinski definition) is 6. The van der Waals surface area contributed by atoms with Crippen LogP contribution in [0.3, 0.4) is 0 Å². The minimum absolute atomic E-state index is 0.0176. The molecule has 136 valence electrons. The molecule has 3 rings (SSSR count). The molecular weight excluding hydrogens is 348 g/mol. The van der Waals surface area contributed by atoms with Crippen molar-refractivity contribution < 1.29 is 9.60 Å². The van der Waals surface area contributed by atoms with Crippen molar-refractivity contribution in [2.24, 2.45) is 0 Å². The Kier molecular flexibility index (Phi) is 3.49. The minimum atomic E-state index is -2.70. The third-order valence-corrected chi connectivity index (χ3v) is 3.55. The van der Waals surface area contributed by atoms with E-state index in [1.54, 1.807) is 12.1 Å². The summed E-state index contributed by atoms with van der Waals surface area (Å²) in [5.74, 6) is 0.235. The maximum atomic E-state index is 9.03. The minimum Gasteiger partial charge on any atom is -0.340 e. The second-order valence-corrected chi connectivity index (χ2v) is 5.54. The molecule has 0 spiro atoms. The molecule has 1 aromatic heterocycles. The Hall–Kier alpha value is -4.16. The van der Waals surface area contributed by atoms with Crippen molar-refractivity contribution in [2.45, 2.75) is 13.8 Å². The van der Waals surface area contributed by atoms with Crippen LogP contribution in [0, 0.1) is 36.4 Å². The smallest absolute Gasteiger partial charge is 0.229 e. The standard InChI is InChI=1S/C22H18N6/c1-15-12-18(4-3-10-23)13-16(2)21(15)27-20-9-11-25-22(28-20)26-19-7-5-17(14-24)6-8-19/h3-9,11-13H,1-2H3,(H2,25,26,27,28)/b4-3+/i1D3,5D,6D,12D,13D. The van der Waals surface area contributed by atoms with Gasteiger partial charge in [0.15, 0.2) is 0 Å². The van der Waals surface area contributed by atoms with E-state index in [1.165, 1.54) is 37.4 Å². The van der Waals surface area contributed by atoms with Crippen molar-refractivity contribution in [3.05, 3.63) is 76.9 Å². The van der Waals surface area contributed by atoms with Gasteiger partial charge in [0.2, 0.25) is 5.95 Å². The monoisotopic (exact) mass is 373 g/mol. The van der Waals surface area contributed by atoms with Crippen molar-refractivity contribution in [3.8, 4) is 12.1 Å². The fourth-order valence-electron chi connectivity index (χ4n) is 2.31. The molecule has 6 nitrogen and oxygen atoms in total. The third-order valence-electron chi connectivity index (χ3n) is 3.55. The number of hydrogen-bond donors (Lipinski definition) is 2. The summed E-state index contributed by atoms with van der Waals surface area (Å²) in [5.41, 5.74) is 0.225. The third kappa shape index (κ3) is 4.51. The van der Waals surface area contributed by atoms with Crippen LogP contribution in [0.1, 0.15) is 31.8 Å². The average Bonchev–Trinajstić information content (AvgIpc) is 2.76. The highest BCUT2D eigenvalue weighted by atomic mass is 15.1. The van der Waals surface area contributed by atoms with Gasteiger partial charge in [0.25, 0.3) is 0 Å². The lowest BCUT2D eigenvalue weighted by atomic mass is 10.0. The Balaban J connectivity index is 2.04. The number of aromatic nitrogens is 2. The fourth-order valence-corrected chi connectivity index (χ4v) is 2.31. The molecule has 0 fully saturated rings. The Labute approximate surface area is 173 Å². The number of nitriles is 2. The van der Waals surface area contributed by atoms with Gasteiger partial charge in [-0.25, -0.2) is 4.98 Å². The Bertz CT molecular complexity index is 1390. The van der Waals surface area contributed by atoms with Crippen LogP contribution in [-0.2, 0) is 0 Å². The van der Waals surface area contributed by atoms with Gasteiger partial charge in [0.1, 0.15) is 5.82 Å². The number of benzene rings is 2. The number of allylic oxidation sites excluding steroid dienone is 1. The highest BCUT2D eigenvalue weighted by molar-refractivity contribution is 5.69. The molecule has 0 unspecified atom stereocenters. The zero-order chi connectivity index (χ0) is 25.9. The van der Waals surface area contributed by atoms with Crippen molar-refractivity contribution in [3.63, 3.8) is 0 Å². The second-order valence-electron chi connectivity index (χ2n) is 5.54. The predicted molar refractivity (Wildman–Crippen MR) is 110 cm³/mol. The quantitative estimate of drug-likeness (QED) is 0.612. The number of anilines is 4. The Morgan fingerprint density at radius 3 is 2.64 bits per heavy atom. The maximum absolute atomic E-state index is 9.03. The predicted octanol–water partition coefficient (Wildman–Crippen LogP) is 4.99. The zero-order valence-electron chi connectivity index (χ0n) is 21.8. The molecule has 0 radical (unpaired) electrons. The molecule has 0 aliphatic heterocycles. The van der Waals surface area contributed by atoms with Crippen LogP contribution < -0.4 is 10.6 Å². The summed E-state index contributed by atoms with van der Waals surface area (Å²) >= 11 is 0. The van der Waals surface area contributed by atoms with E-state index in [0.717, 1.165) is 6.08 Å². The van der Waals surface area contributed by atoms with Gasteiger partial charge in [0.05, 0.1) is 23.2 Å².